The highest BCUT2D eigenvalue weighted by molar-refractivity contribution is 4.96. The van der Waals surface area contributed by atoms with E-state index in [0.717, 1.165) is 11.8 Å². The fraction of sp³-hybridized carbons (Fsp3) is 1.00. The average molecular weight is 169 g/mol. The number of hydrogen-bond acceptors (Lipinski definition) is 2. The molecule has 3 atom stereocenters. The van der Waals surface area contributed by atoms with Gasteiger partial charge in [0.25, 0.3) is 0 Å². The van der Waals surface area contributed by atoms with Crippen LogP contribution in [0.15, 0.2) is 0 Å². The van der Waals surface area contributed by atoms with Crippen molar-refractivity contribution in [3.63, 3.8) is 0 Å². The summed E-state index contributed by atoms with van der Waals surface area (Å²) in [4.78, 5) is 0. The zero-order valence-corrected chi connectivity index (χ0v) is 7.88. The van der Waals surface area contributed by atoms with Crippen LogP contribution in [0.3, 0.4) is 0 Å². The molecular weight excluding hydrogens is 150 g/mol. The first-order chi connectivity index (χ1) is 5.78. The molecule has 2 heteroatoms. The van der Waals surface area contributed by atoms with Gasteiger partial charge in [0.05, 0.1) is 5.60 Å². The molecular formula is C10H19NO. The van der Waals surface area contributed by atoms with Crippen LogP contribution >= 0.6 is 0 Å². The first-order valence-electron chi connectivity index (χ1n) is 5.03. The van der Waals surface area contributed by atoms with Crippen LogP contribution < -0.4 is 5.73 Å². The molecule has 0 aliphatic heterocycles. The third kappa shape index (κ3) is 1.27. The Kier molecular flexibility index (Phi) is 2.13. The van der Waals surface area contributed by atoms with Crippen molar-refractivity contribution in [3.05, 3.63) is 0 Å². The van der Waals surface area contributed by atoms with E-state index in [-0.39, 0.29) is 5.60 Å². The highest BCUT2D eigenvalue weighted by Gasteiger charge is 2.43. The van der Waals surface area contributed by atoms with Gasteiger partial charge in [-0.3, -0.25) is 0 Å². The summed E-state index contributed by atoms with van der Waals surface area (Å²) in [6.45, 7) is 0.705. The molecule has 1 unspecified atom stereocenters. The Labute approximate surface area is 74.5 Å². The molecule has 0 heterocycles. The molecule has 0 saturated heterocycles. The molecule has 70 valence electrons. The lowest BCUT2D eigenvalue weighted by molar-refractivity contribution is -0.0508. The topological polar surface area (TPSA) is 35.2 Å². The zero-order valence-electron chi connectivity index (χ0n) is 7.88. The zero-order chi connectivity index (χ0) is 8.60. The van der Waals surface area contributed by atoms with Crippen molar-refractivity contribution in [2.75, 3.05) is 13.7 Å². The number of fused-ring (bicyclic) bond motifs is 2. The second-order valence-electron chi connectivity index (χ2n) is 4.54. The summed E-state index contributed by atoms with van der Waals surface area (Å²) in [6, 6.07) is 0. The maximum atomic E-state index is 5.78. The minimum Gasteiger partial charge on any atom is -0.377 e. The molecule has 0 aromatic heterocycles. The fourth-order valence-corrected chi connectivity index (χ4v) is 3.10. The summed E-state index contributed by atoms with van der Waals surface area (Å²) >= 11 is 0. The fourth-order valence-electron chi connectivity index (χ4n) is 3.10. The quantitative estimate of drug-likeness (QED) is 0.680. The summed E-state index contributed by atoms with van der Waals surface area (Å²) in [7, 11) is 1.82. The monoisotopic (exact) mass is 169 g/mol. The van der Waals surface area contributed by atoms with E-state index in [1.807, 2.05) is 7.11 Å². The van der Waals surface area contributed by atoms with Gasteiger partial charge in [-0.1, -0.05) is 12.8 Å². The largest absolute Gasteiger partial charge is 0.377 e. The van der Waals surface area contributed by atoms with E-state index in [2.05, 4.69) is 0 Å². The summed E-state index contributed by atoms with van der Waals surface area (Å²) in [5.41, 5.74) is 5.82. The summed E-state index contributed by atoms with van der Waals surface area (Å²) in [5.74, 6) is 1.82. The number of hydrogen-bond donors (Lipinski definition) is 1. The maximum Gasteiger partial charge on any atom is 0.0805 e. The SMILES string of the molecule is COC1(CN)C[C@@H]2CC[C@@H](C2)C1. The molecule has 2 N–H and O–H groups in total. The van der Waals surface area contributed by atoms with Gasteiger partial charge in [-0.05, 0) is 31.1 Å². The first-order valence-corrected chi connectivity index (χ1v) is 5.03. The van der Waals surface area contributed by atoms with Gasteiger partial charge in [-0.25, -0.2) is 0 Å². The van der Waals surface area contributed by atoms with Gasteiger partial charge in [0, 0.05) is 13.7 Å². The van der Waals surface area contributed by atoms with Crippen LogP contribution in [0.4, 0.5) is 0 Å². The normalized spacial score (nSPS) is 46.5. The van der Waals surface area contributed by atoms with E-state index in [1.165, 1.54) is 32.1 Å². The van der Waals surface area contributed by atoms with Gasteiger partial charge >= 0.3 is 0 Å². The Morgan fingerprint density at radius 1 is 1.33 bits per heavy atom. The summed E-state index contributed by atoms with van der Waals surface area (Å²) < 4.78 is 5.58. The smallest absolute Gasteiger partial charge is 0.0805 e. The van der Waals surface area contributed by atoms with Crippen molar-refractivity contribution in [2.45, 2.75) is 37.7 Å². The molecule has 2 nitrogen and oxygen atoms in total. The second kappa shape index (κ2) is 3.00. The summed E-state index contributed by atoms with van der Waals surface area (Å²) in [6.07, 6.45) is 6.67. The molecule has 2 bridgehead atoms. The lowest BCUT2D eigenvalue weighted by Gasteiger charge is -2.38. The van der Waals surface area contributed by atoms with Gasteiger partial charge in [-0.15, -0.1) is 0 Å². The second-order valence-corrected chi connectivity index (χ2v) is 4.54. The van der Waals surface area contributed by atoms with Crippen LogP contribution in [0.5, 0.6) is 0 Å². The van der Waals surface area contributed by atoms with E-state index in [0.29, 0.717) is 6.54 Å². The molecule has 0 aromatic carbocycles. The number of rotatable bonds is 2. The third-order valence-corrected chi connectivity index (χ3v) is 3.78. The average Bonchev–Trinajstić information content (AvgIpc) is 2.46. The Morgan fingerprint density at radius 3 is 2.33 bits per heavy atom. The van der Waals surface area contributed by atoms with Crippen molar-refractivity contribution < 1.29 is 4.74 Å². The molecule has 0 radical (unpaired) electrons. The molecule has 2 saturated carbocycles. The molecule has 12 heavy (non-hydrogen) atoms. The van der Waals surface area contributed by atoms with Crippen molar-refractivity contribution in [3.8, 4) is 0 Å². The summed E-state index contributed by atoms with van der Waals surface area (Å²) in [5, 5.41) is 0. The van der Waals surface area contributed by atoms with Crippen LogP contribution in [0.1, 0.15) is 32.1 Å². The molecule has 2 rings (SSSR count). The van der Waals surface area contributed by atoms with Crippen LogP contribution in [0.2, 0.25) is 0 Å². The Bertz CT molecular complexity index is 151. The number of ether oxygens (including phenoxy) is 1. The van der Waals surface area contributed by atoms with Crippen LogP contribution in [-0.4, -0.2) is 19.3 Å². The number of methoxy groups -OCH3 is 1. The molecule has 2 aliphatic carbocycles. The van der Waals surface area contributed by atoms with E-state index in [4.69, 9.17) is 10.5 Å². The van der Waals surface area contributed by atoms with Crippen molar-refractivity contribution in [2.24, 2.45) is 17.6 Å². The van der Waals surface area contributed by atoms with Crippen molar-refractivity contribution in [1.29, 1.82) is 0 Å². The predicted octanol–water partition coefficient (Wildman–Crippen LogP) is 1.54. The van der Waals surface area contributed by atoms with E-state index >= 15 is 0 Å². The van der Waals surface area contributed by atoms with E-state index in [9.17, 15) is 0 Å². The lowest BCUT2D eigenvalue weighted by atomic mass is 9.77. The predicted molar refractivity (Wildman–Crippen MR) is 48.9 cm³/mol. The van der Waals surface area contributed by atoms with Crippen molar-refractivity contribution in [1.82, 2.24) is 0 Å². The van der Waals surface area contributed by atoms with Crippen LogP contribution in [0, 0.1) is 11.8 Å². The minimum absolute atomic E-state index is 0.0457. The molecule has 2 aliphatic rings. The van der Waals surface area contributed by atoms with Gasteiger partial charge in [-0.2, -0.15) is 0 Å². The van der Waals surface area contributed by atoms with Gasteiger partial charge < -0.3 is 10.5 Å². The third-order valence-electron chi connectivity index (χ3n) is 3.78. The maximum absolute atomic E-state index is 5.78. The van der Waals surface area contributed by atoms with E-state index < -0.39 is 0 Å². The minimum atomic E-state index is 0.0457. The van der Waals surface area contributed by atoms with E-state index in [1.54, 1.807) is 0 Å². The molecule has 0 amide bonds. The Hall–Kier alpha value is -0.0800. The van der Waals surface area contributed by atoms with Crippen LogP contribution in [-0.2, 0) is 4.74 Å². The number of nitrogens with two attached hydrogens (primary N) is 1. The highest BCUT2D eigenvalue weighted by atomic mass is 16.5. The Balaban J connectivity index is 2.08. The van der Waals surface area contributed by atoms with Gasteiger partial charge in [0.2, 0.25) is 0 Å². The molecule has 2 fully saturated rings. The standard InChI is InChI=1S/C10H19NO/c1-12-10(7-11)5-8-2-3-9(4-8)6-10/h8-9H,2-7,11H2,1H3/t8-,9+,10?. The van der Waals surface area contributed by atoms with Crippen LogP contribution in [0.25, 0.3) is 0 Å². The first kappa shape index (κ1) is 8.52. The molecule has 0 spiro atoms. The van der Waals surface area contributed by atoms with Gasteiger partial charge in [0.15, 0.2) is 0 Å². The highest BCUT2D eigenvalue weighted by Crippen LogP contribution is 2.47. The molecule has 0 aromatic rings. The van der Waals surface area contributed by atoms with Crippen molar-refractivity contribution >= 4 is 0 Å². The van der Waals surface area contributed by atoms with Gasteiger partial charge in [0.1, 0.15) is 0 Å². The Morgan fingerprint density at radius 2 is 1.92 bits per heavy atom. The lowest BCUT2D eigenvalue weighted by Crippen LogP contribution is -2.44.